The van der Waals surface area contributed by atoms with Crippen molar-refractivity contribution in [1.82, 2.24) is 5.32 Å². The van der Waals surface area contributed by atoms with Gasteiger partial charge in [0.1, 0.15) is 5.75 Å². The monoisotopic (exact) mass is 322 g/mol. The highest BCUT2D eigenvalue weighted by molar-refractivity contribution is 6.13. The van der Waals surface area contributed by atoms with Crippen LogP contribution in [0.15, 0.2) is 60.4 Å². The van der Waals surface area contributed by atoms with Crippen LogP contribution in [0.1, 0.15) is 17.5 Å². The molecule has 0 spiro atoms. The summed E-state index contributed by atoms with van der Waals surface area (Å²) in [6, 6.07) is 11.9. The van der Waals surface area contributed by atoms with Crippen molar-refractivity contribution in [3.05, 3.63) is 66.0 Å². The van der Waals surface area contributed by atoms with E-state index in [2.05, 4.69) is 11.2 Å². The molecule has 24 heavy (non-hydrogen) atoms. The molecule has 1 aliphatic heterocycles. The fourth-order valence-electron chi connectivity index (χ4n) is 2.90. The molecule has 6 heteroatoms. The zero-order chi connectivity index (χ0) is 17.1. The van der Waals surface area contributed by atoms with Gasteiger partial charge >= 0.3 is 0 Å². The molecule has 1 saturated heterocycles. The molecular formula is C18H16N3O3+. The molecule has 2 N–H and O–H groups in total. The SMILES string of the molecule is COc1ccc([C@@H]2C(=C=N)C(=O)NC(=O)[C@H]2[n+]2ccccc2)cc1. The number of amides is 2. The van der Waals surface area contributed by atoms with Gasteiger partial charge in [0.2, 0.25) is 6.04 Å². The Kier molecular flexibility index (Phi) is 4.22. The van der Waals surface area contributed by atoms with Crippen molar-refractivity contribution < 1.29 is 18.9 Å². The number of hydrogen-bond donors (Lipinski definition) is 2. The van der Waals surface area contributed by atoms with Crippen LogP contribution in [-0.2, 0) is 9.59 Å². The largest absolute Gasteiger partial charge is 0.497 e. The number of pyridine rings is 1. The Hall–Kier alpha value is -3.24. The minimum absolute atomic E-state index is 0.126. The Bertz CT molecular complexity index is 824. The zero-order valence-electron chi connectivity index (χ0n) is 13.0. The quantitative estimate of drug-likeness (QED) is 0.385. The summed E-state index contributed by atoms with van der Waals surface area (Å²) in [7, 11) is 1.57. The molecule has 0 aliphatic carbocycles. The summed E-state index contributed by atoms with van der Waals surface area (Å²) in [5, 5.41) is 9.82. The summed E-state index contributed by atoms with van der Waals surface area (Å²) in [6.45, 7) is 0. The van der Waals surface area contributed by atoms with E-state index in [1.807, 2.05) is 18.2 Å². The van der Waals surface area contributed by atoms with E-state index in [0.29, 0.717) is 5.75 Å². The van der Waals surface area contributed by atoms with E-state index >= 15 is 0 Å². The lowest BCUT2D eigenvalue weighted by molar-refractivity contribution is -0.711. The van der Waals surface area contributed by atoms with Crippen LogP contribution in [0.5, 0.6) is 5.75 Å². The number of rotatable bonds is 3. The molecule has 1 aromatic heterocycles. The normalized spacial score (nSPS) is 20.3. The van der Waals surface area contributed by atoms with Crippen molar-refractivity contribution >= 4 is 17.7 Å². The van der Waals surface area contributed by atoms with Crippen molar-refractivity contribution in [2.45, 2.75) is 12.0 Å². The Morgan fingerprint density at radius 3 is 2.38 bits per heavy atom. The highest BCUT2D eigenvalue weighted by Gasteiger charge is 2.47. The van der Waals surface area contributed by atoms with Gasteiger partial charge in [0.25, 0.3) is 11.8 Å². The number of benzene rings is 1. The second kappa shape index (κ2) is 6.48. The molecule has 2 atom stereocenters. The first kappa shape index (κ1) is 15.6. The second-order valence-corrected chi connectivity index (χ2v) is 5.38. The minimum Gasteiger partial charge on any atom is -0.497 e. The summed E-state index contributed by atoms with van der Waals surface area (Å²) in [4.78, 5) is 24.6. The number of carbonyl (C=O) groups is 2. The van der Waals surface area contributed by atoms with Crippen LogP contribution < -0.4 is 14.6 Å². The van der Waals surface area contributed by atoms with Crippen LogP contribution in [0.25, 0.3) is 0 Å². The summed E-state index contributed by atoms with van der Waals surface area (Å²) in [5.74, 6) is 1.30. The summed E-state index contributed by atoms with van der Waals surface area (Å²) >= 11 is 0. The van der Waals surface area contributed by atoms with Gasteiger partial charge in [-0.25, -0.2) is 0 Å². The van der Waals surface area contributed by atoms with Crippen LogP contribution in [0, 0.1) is 5.41 Å². The average molecular weight is 322 g/mol. The van der Waals surface area contributed by atoms with Crippen LogP contribution >= 0.6 is 0 Å². The van der Waals surface area contributed by atoms with Gasteiger partial charge in [0, 0.05) is 12.1 Å². The molecule has 1 aliphatic rings. The van der Waals surface area contributed by atoms with Crippen LogP contribution in [0.4, 0.5) is 0 Å². The predicted molar refractivity (Wildman–Crippen MR) is 85.8 cm³/mol. The van der Waals surface area contributed by atoms with Gasteiger partial charge in [0.15, 0.2) is 12.4 Å². The second-order valence-electron chi connectivity index (χ2n) is 5.38. The van der Waals surface area contributed by atoms with Crippen LogP contribution in [0.3, 0.4) is 0 Å². The number of ether oxygens (including phenoxy) is 1. The smallest absolute Gasteiger partial charge is 0.296 e. The van der Waals surface area contributed by atoms with Gasteiger partial charge in [-0.05, 0) is 23.6 Å². The lowest BCUT2D eigenvalue weighted by atomic mass is 9.81. The van der Waals surface area contributed by atoms with Crippen molar-refractivity contribution in [3.8, 4) is 5.75 Å². The Balaban J connectivity index is 2.14. The van der Waals surface area contributed by atoms with Crippen molar-refractivity contribution in [2.24, 2.45) is 0 Å². The van der Waals surface area contributed by atoms with E-state index in [4.69, 9.17) is 10.1 Å². The molecular weight excluding hydrogens is 306 g/mol. The summed E-state index contributed by atoms with van der Waals surface area (Å²) in [5.41, 5.74) is 0.872. The van der Waals surface area contributed by atoms with E-state index < -0.39 is 23.8 Å². The highest BCUT2D eigenvalue weighted by Crippen LogP contribution is 2.35. The molecule has 0 bridgehead atoms. The molecule has 0 unspecified atom stereocenters. The lowest BCUT2D eigenvalue weighted by Crippen LogP contribution is -2.57. The maximum absolute atomic E-state index is 12.5. The number of imide groups is 1. The van der Waals surface area contributed by atoms with Gasteiger partial charge in [-0.1, -0.05) is 18.2 Å². The van der Waals surface area contributed by atoms with Gasteiger partial charge in [-0.15, -0.1) is 0 Å². The number of piperidine rings is 1. The first-order valence-electron chi connectivity index (χ1n) is 7.40. The maximum Gasteiger partial charge on any atom is 0.296 e. The number of carbonyl (C=O) groups excluding carboxylic acids is 2. The van der Waals surface area contributed by atoms with Gasteiger partial charge in [0.05, 0.1) is 18.6 Å². The Morgan fingerprint density at radius 1 is 1.12 bits per heavy atom. The molecule has 3 rings (SSSR count). The first-order chi connectivity index (χ1) is 11.7. The lowest BCUT2D eigenvalue weighted by Gasteiger charge is -2.27. The molecule has 2 heterocycles. The van der Waals surface area contributed by atoms with Gasteiger partial charge < -0.3 is 4.74 Å². The Labute approximate surface area is 138 Å². The fourth-order valence-corrected chi connectivity index (χ4v) is 2.90. The zero-order valence-corrected chi connectivity index (χ0v) is 13.0. The molecule has 2 aromatic rings. The van der Waals surface area contributed by atoms with Crippen LogP contribution in [-0.4, -0.2) is 24.8 Å². The van der Waals surface area contributed by atoms with E-state index in [-0.39, 0.29) is 5.57 Å². The van der Waals surface area contributed by atoms with Crippen molar-refractivity contribution in [2.75, 3.05) is 7.11 Å². The number of hydrogen-bond acceptors (Lipinski definition) is 4. The number of nitrogens with zero attached hydrogens (tertiary/aromatic N) is 1. The highest BCUT2D eigenvalue weighted by atomic mass is 16.5. The molecule has 2 amide bonds. The van der Waals surface area contributed by atoms with Crippen molar-refractivity contribution in [1.29, 1.82) is 5.41 Å². The molecule has 1 fully saturated rings. The van der Waals surface area contributed by atoms with Gasteiger partial charge in [-0.3, -0.25) is 20.3 Å². The van der Waals surface area contributed by atoms with Gasteiger partial charge in [-0.2, -0.15) is 4.57 Å². The van der Waals surface area contributed by atoms with E-state index in [1.54, 1.807) is 48.3 Å². The fraction of sp³-hybridized carbons (Fsp3) is 0.167. The van der Waals surface area contributed by atoms with E-state index in [0.717, 1.165) is 5.56 Å². The number of methoxy groups -OCH3 is 1. The Morgan fingerprint density at radius 2 is 1.79 bits per heavy atom. The summed E-state index contributed by atoms with van der Waals surface area (Å²) < 4.78 is 6.88. The first-order valence-corrected chi connectivity index (χ1v) is 7.40. The third-order valence-electron chi connectivity index (χ3n) is 4.05. The third kappa shape index (κ3) is 2.71. The van der Waals surface area contributed by atoms with E-state index in [1.165, 1.54) is 0 Å². The van der Waals surface area contributed by atoms with Crippen LogP contribution in [0.2, 0.25) is 0 Å². The predicted octanol–water partition coefficient (Wildman–Crippen LogP) is 1.14. The summed E-state index contributed by atoms with van der Waals surface area (Å²) in [6.07, 6.45) is 3.52. The number of aromatic nitrogens is 1. The van der Waals surface area contributed by atoms with Crippen molar-refractivity contribution in [3.63, 3.8) is 0 Å². The molecule has 0 saturated carbocycles. The number of nitrogens with one attached hydrogen (secondary N) is 2. The third-order valence-corrected chi connectivity index (χ3v) is 4.05. The minimum atomic E-state index is -0.676. The molecule has 120 valence electrons. The van der Waals surface area contributed by atoms with E-state index in [9.17, 15) is 9.59 Å². The molecule has 6 nitrogen and oxygen atoms in total. The molecule has 1 aromatic carbocycles. The molecule has 0 radical (unpaired) electrons. The standard InChI is InChI=1S/C18H15N3O3/c1-24-13-7-5-12(6-8-13)15-14(11-19)17(22)20-18(23)16(15)21-9-3-2-4-10-21/h2-10,15-16,19H,1H3/p+1/t15-,16+/m1/s1. The maximum atomic E-state index is 12.5. The topological polar surface area (TPSA) is 83.1 Å². The average Bonchev–Trinajstić information content (AvgIpc) is 2.62.